The molecule has 0 bridgehead atoms. The van der Waals surface area contributed by atoms with Crippen LogP contribution >= 0.6 is 11.6 Å². The van der Waals surface area contributed by atoms with E-state index in [4.69, 9.17) is 11.6 Å². The molecule has 0 aliphatic carbocycles. The van der Waals surface area contributed by atoms with Crippen LogP contribution in [0.25, 0.3) is 0 Å². The SMILES string of the molecule is Clc1cccnc1NCc1ccc2c(c1)CNC2. The molecule has 3 rings (SSSR count). The van der Waals surface area contributed by atoms with Crippen molar-refractivity contribution in [1.82, 2.24) is 10.3 Å². The van der Waals surface area contributed by atoms with Crippen LogP contribution in [0.4, 0.5) is 5.82 Å². The second-order valence-electron chi connectivity index (χ2n) is 4.39. The third-order valence-corrected chi connectivity index (χ3v) is 3.43. The van der Waals surface area contributed by atoms with Gasteiger partial charge in [0, 0.05) is 25.8 Å². The second-order valence-corrected chi connectivity index (χ2v) is 4.80. The summed E-state index contributed by atoms with van der Waals surface area (Å²) in [6.45, 7) is 2.69. The van der Waals surface area contributed by atoms with Crippen molar-refractivity contribution in [2.45, 2.75) is 19.6 Å². The lowest BCUT2D eigenvalue weighted by Crippen LogP contribution is -2.02. The lowest BCUT2D eigenvalue weighted by atomic mass is 10.1. The van der Waals surface area contributed by atoms with Crippen molar-refractivity contribution in [3.05, 3.63) is 58.2 Å². The van der Waals surface area contributed by atoms with E-state index in [1.165, 1.54) is 16.7 Å². The highest BCUT2D eigenvalue weighted by atomic mass is 35.5. The Labute approximate surface area is 111 Å². The normalized spacial score (nSPS) is 13.4. The summed E-state index contributed by atoms with van der Waals surface area (Å²) in [5, 5.41) is 7.25. The number of hydrogen-bond acceptors (Lipinski definition) is 3. The van der Waals surface area contributed by atoms with Gasteiger partial charge < -0.3 is 10.6 Å². The number of anilines is 1. The van der Waals surface area contributed by atoms with Gasteiger partial charge in [-0.25, -0.2) is 4.98 Å². The zero-order valence-corrected chi connectivity index (χ0v) is 10.7. The molecule has 0 amide bonds. The van der Waals surface area contributed by atoms with E-state index in [9.17, 15) is 0 Å². The molecule has 0 saturated carbocycles. The first-order chi connectivity index (χ1) is 8.83. The van der Waals surface area contributed by atoms with Crippen LogP contribution in [0.1, 0.15) is 16.7 Å². The molecule has 1 aromatic heterocycles. The molecule has 2 aromatic rings. The van der Waals surface area contributed by atoms with E-state index in [1.54, 1.807) is 6.20 Å². The Morgan fingerprint density at radius 3 is 3.00 bits per heavy atom. The van der Waals surface area contributed by atoms with Gasteiger partial charge in [-0.05, 0) is 28.8 Å². The van der Waals surface area contributed by atoms with E-state index in [-0.39, 0.29) is 0 Å². The first-order valence-electron chi connectivity index (χ1n) is 5.99. The van der Waals surface area contributed by atoms with Crippen LogP contribution in [0.3, 0.4) is 0 Å². The maximum atomic E-state index is 6.05. The van der Waals surface area contributed by atoms with Gasteiger partial charge in [0.15, 0.2) is 0 Å². The number of halogens is 1. The first-order valence-corrected chi connectivity index (χ1v) is 6.36. The molecular weight excluding hydrogens is 246 g/mol. The molecule has 0 radical (unpaired) electrons. The van der Waals surface area contributed by atoms with E-state index in [0.717, 1.165) is 25.5 Å². The Balaban J connectivity index is 1.72. The smallest absolute Gasteiger partial charge is 0.145 e. The summed E-state index contributed by atoms with van der Waals surface area (Å²) in [7, 11) is 0. The number of rotatable bonds is 3. The van der Waals surface area contributed by atoms with Gasteiger partial charge in [-0.2, -0.15) is 0 Å². The molecular formula is C14H14ClN3. The van der Waals surface area contributed by atoms with Gasteiger partial charge in [0.05, 0.1) is 5.02 Å². The van der Waals surface area contributed by atoms with Crippen LogP contribution in [0.15, 0.2) is 36.5 Å². The third kappa shape index (κ3) is 2.33. The van der Waals surface area contributed by atoms with E-state index >= 15 is 0 Å². The van der Waals surface area contributed by atoms with Crippen LogP contribution in [0, 0.1) is 0 Å². The summed E-state index contributed by atoms with van der Waals surface area (Å²) < 4.78 is 0. The van der Waals surface area contributed by atoms with E-state index in [0.29, 0.717) is 5.02 Å². The fraction of sp³-hybridized carbons (Fsp3) is 0.214. The van der Waals surface area contributed by atoms with Crippen LogP contribution in [-0.2, 0) is 19.6 Å². The Kier molecular flexibility index (Phi) is 3.17. The zero-order valence-electron chi connectivity index (χ0n) is 9.91. The molecule has 1 aromatic carbocycles. The second kappa shape index (κ2) is 4.96. The van der Waals surface area contributed by atoms with Crippen molar-refractivity contribution in [3.63, 3.8) is 0 Å². The van der Waals surface area contributed by atoms with Crippen molar-refractivity contribution in [3.8, 4) is 0 Å². The molecule has 3 nitrogen and oxygen atoms in total. The van der Waals surface area contributed by atoms with E-state index in [2.05, 4.69) is 33.8 Å². The summed E-state index contributed by atoms with van der Waals surface area (Å²) in [6, 6.07) is 10.2. The number of pyridine rings is 1. The van der Waals surface area contributed by atoms with Crippen LogP contribution < -0.4 is 10.6 Å². The van der Waals surface area contributed by atoms with Crippen LogP contribution in [0.5, 0.6) is 0 Å². The molecule has 4 heteroatoms. The summed E-state index contributed by atoms with van der Waals surface area (Å²) >= 11 is 6.05. The van der Waals surface area contributed by atoms with Gasteiger partial charge in [-0.15, -0.1) is 0 Å². The fourth-order valence-corrected chi connectivity index (χ4v) is 2.35. The maximum absolute atomic E-state index is 6.05. The van der Waals surface area contributed by atoms with Gasteiger partial charge in [0.1, 0.15) is 5.82 Å². The van der Waals surface area contributed by atoms with E-state index in [1.807, 2.05) is 12.1 Å². The predicted octanol–water partition coefficient (Wildman–Crippen LogP) is 2.95. The minimum Gasteiger partial charge on any atom is -0.365 e. The van der Waals surface area contributed by atoms with Crippen molar-refractivity contribution < 1.29 is 0 Å². The van der Waals surface area contributed by atoms with Gasteiger partial charge in [0.2, 0.25) is 0 Å². The highest BCUT2D eigenvalue weighted by Gasteiger charge is 2.10. The Morgan fingerprint density at radius 2 is 2.11 bits per heavy atom. The summed E-state index contributed by atoms with van der Waals surface area (Å²) in [5.41, 5.74) is 4.04. The van der Waals surface area contributed by atoms with E-state index < -0.39 is 0 Å². The fourth-order valence-electron chi connectivity index (χ4n) is 2.16. The van der Waals surface area contributed by atoms with Crippen LogP contribution in [0.2, 0.25) is 5.02 Å². The van der Waals surface area contributed by atoms with Gasteiger partial charge >= 0.3 is 0 Å². The molecule has 0 unspecified atom stereocenters. The first kappa shape index (κ1) is 11.5. The number of fused-ring (bicyclic) bond motifs is 1. The van der Waals surface area contributed by atoms with Crippen molar-refractivity contribution in [2.24, 2.45) is 0 Å². The molecule has 18 heavy (non-hydrogen) atoms. The zero-order chi connectivity index (χ0) is 12.4. The van der Waals surface area contributed by atoms with Gasteiger partial charge in [0.25, 0.3) is 0 Å². The number of nitrogens with one attached hydrogen (secondary N) is 2. The van der Waals surface area contributed by atoms with Crippen LogP contribution in [-0.4, -0.2) is 4.98 Å². The molecule has 92 valence electrons. The Bertz CT molecular complexity index is 569. The minimum absolute atomic E-state index is 0.653. The standard InChI is InChI=1S/C14H14ClN3/c15-13-2-1-5-17-14(13)18-7-10-3-4-11-8-16-9-12(11)6-10/h1-6,16H,7-9H2,(H,17,18). The number of benzene rings is 1. The Hall–Kier alpha value is -1.58. The molecule has 0 saturated heterocycles. The lowest BCUT2D eigenvalue weighted by molar-refractivity contribution is 0.764. The maximum Gasteiger partial charge on any atom is 0.145 e. The average Bonchev–Trinajstić information content (AvgIpc) is 2.85. The summed E-state index contributed by atoms with van der Waals surface area (Å²) in [4.78, 5) is 4.21. The quantitative estimate of drug-likeness (QED) is 0.890. The Morgan fingerprint density at radius 1 is 1.22 bits per heavy atom. The molecule has 2 heterocycles. The number of hydrogen-bond donors (Lipinski definition) is 2. The highest BCUT2D eigenvalue weighted by Crippen LogP contribution is 2.20. The molecule has 1 aliphatic rings. The molecule has 0 spiro atoms. The number of aromatic nitrogens is 1. The largest absolute Gasteiger partial charge is 0.365 e. The predicted molar refractivity (Wildman–Crippen MR) is 73.6 cm³/mol. The van der Waals surface area contributed by atoms with Crippen molar-refractivity contribution in [1.29, 1.82) is 0 Å². The van der Waals surface area contributed by atoms with Gasteiger partial charge in [-0.3, -0.25) is 0 Å². The third-order valence-electron chi connectivity index (χ3n) is 3.12. The lowest BCUT2D eigenvalue weighted by Gasteiger charge is -2.08. The number of nitrogens with zero attached hydrogens (tertiary/aromatic N) is 1. The highest BCUT2D eigenvalue weighted by molar-refractivity contribution is 6.32. The molecule has 2 N–H and O–H groups in total. The van der Waals surface area contributed by atoms with Gasteiger partial charge in [-0.1, -0.05) is 29.8 Å². The van der Waals surface area contributed by atoms with Crippen molar-refractivity contribution in [2.75, 3.05) is 5.32 Å². The van der Waals surface area contributed by atoms with Crippen molar-refractivity contribution >= 4 is 17.4 Å². The average molecular weight is 260 g/mol. The monoisotopic (exact) mass is 259 g/mol. The minimum atomic E-state index is 0.653. The molecule has 0 atom stereocenters. The topological polar surface area (TPSA) is 37.0 Å². The molecule has 1 aliphatic heterocycles. The summed E-state index contributed by atoms with van der Waals surface area (Å²) in [5.74, 6) is 0.734. The summed E-state index contributed by atoms with van der Waals surface area (Å²) in [6.07, 6.45) is 1.74. The molecule has 0 fully saturated rings.